The molecule has 7 unspecified atom stereocenters. The van der Waals surface area contributed by atoms with Crippen LogP contribution in [0.5, 0.6) is 0 Å². The van der Waals surface area contributed by atoms with E-state index in [2.05, 4.69) is 43.5 Å². The molecule has 11 heteroatoms. The number of carbonyl (C=O) groups is 2. The normalized spacial score (nSPS) is 19.1. The Labute approximate surface area is 447 Å². The molecule has 0 aromatic carbocycles. The number of allylic oxidation sites excluding steroid dienone is 5. The minimum Gasteiger partial charge on any atom is -0.466 e. The molecule has 1 saturated heterocycles. The Morgan fingerprint density at radius 3 is 1.40 bits per heavy atom. The van der Waals surface area contributed by atoms with Crippen LogP contribution in [0, 0.1) is 0 Å². The number of carbonyl (C=O) groups excluding carboxylic acids is 2. The van der Waals surface area contributed by atoms with Gasteiger partial charge in [-0.2, -0.15) is 0 Å². The van der Waals surface area contributed by atoms with Gasteiger partial charge >= 0.3 is 5.97 Å². The number of ether oxygens (including phenoxy) is 3. The van der Waals surface area contributed by atoms with Crippen LogP contribution in [-0.2, 0) is 23.8 Å². The average molecular weight is 1030 g/mol. The maximum Gasteiger partial charge on any atom is 0.305 e. The molecule has 0 radical (unpaired) electrons. The van der Waals surface area contributed by atoms with Crippen LogP contribution in [0.1, 0.15) is 284 Å². The SMILES string of the molecule is CCCCCC/C=C\C/C=C\CCCCCCCC(=O)OCCCCCCCCCCCCCCCCCCCCCCC(=O)NC(COC1OC(CO)C(O)C(O)C1O)C(O)/C=C/CCCCCCCCC. The lowest BCUT2D eigenvalue weighted by molar-refractivity contribution is -0.302. The van der Waals surface area contributed by atoms with Crippen molar-refractivity contribution in [2.75, 3.05) is 19.8 Å². The summed E-state index contributed by atoms with van der Waals surface area (Å²) in [5.41, 5.74) is 0. The van der Waals surface area contributed by atoms with Crippen molar-refractivity contribution in [3.63, 3.8) is 0 Å². The zero-order valence-corrected chi connectivity index (χ0v) is 47.1. The van der Waals surface area contributed by atoms with E-state index in [1.54, 1.807) is 6.08 Å². The highest BCUT2D eigenvalue weighted by Gasteiger charge is 2.44. The standard InChI is InChI=1S/C62H115NO10/c1-3-5-7-9-11-13-14-15-16-24-27-30-34-38-42-46-50-58(67)71-51-47-43-39-35-31-28-25-22-20-18-17-19-21-23-26-29-33-37-41-45-49-57(66)63-54(55(65)48-44-40-36-32-12-10-8-6-4-2)53-72-62-61(70)60(69)59(68)56(52-64)73-62/h13-14,16,24,44,48,54-56,59-62,64-65,68-70H,3-12,15,17-23,25-43,45-47,49-53H2,1-2H3,(H,63,66)/b14-13-,24-16-,48-44+. The van der Waals surface area contributed by atoms with Gasteiger partial charge in [0.15, 0.2) is 6.29 Å². The number of hydrogen-bond donors (Lipinski definition) is 6. The zero-order chi connectivity index (χ0) is 53.1. The summed E-state index contributed by atoms with van der Waals surface area (Å²) in [5.74, 6) is -0.203. The molecule has 1 aliphatic rings. The van der Waals surface area contributed by atoms with Gasteiger partial charge in [0.2, 0.25) is 5.91 Å². The molecule has 0 bridgehead atoms. The third kappa shape index (κ3) is 41.7. The van der Waals surface area contributed by atoms with Gasteiger partial charge in [-0.25, -0.2) is 0 Å². The first-order valence-corrected chi connectivity index (χ1v) is 30.8. The van der Waals surface area contributed by atoms with Crippen molar-refractivity contribution in [2.24, 2.45) is 0 Å². The van der Waals surface area contributed by atoms with E-state index in [-0.39, 0.29) is 18.5 Å². The molecule has 11 nitrogen and oxygen atoms in total. The highest BCUT2D eigenvalue weighted by molar-refractivity contribution is 5.76. The molecule has 73 heavy (non-hydrogen) atoms. The van der Waals surface area contributed by atoms with Gasteiger partial charge in [0.05, 0.1) is 32.0 Å². The summed E-state index contributed by atoms with van der Waals surface area (Å²) >= 11 is 0. The number of amides is 1. The molecular weight excluding hydrogens is 919 g/mol. The molecule has 7 atom stereocenters. The number of rotatable bonds is 53. The third-order valence-electron chi connectivity index (χ3n) is 14.5. The van der Waals surface area contributed by atoms with Crippen LogP contribution in [0.2, 0.25) is 0 Å². The molecule has 1 aliphatic heterocycles. The van der Waals surface area contributed by atoms with E-state index < -0.39 is 49.5 Å². The molecule has 428 valence electrons. The topological polar surface area (TPSA) is 175 Å². The predicted octanol–water partition coefficient (Wildman–Crippen LogP) is 14.3. The number of hydrogen-bond acceptors (Lipinski definition) is 10. The van der Waals surface area contributed by atoms with E-state index in [4.69, 9.17) is 14.2 Å². The largest absolute Gasteiger partial charge is 0.466 e. The van der Waals surface area contributed by atoms with Crippen LogP contribution in [0.25, 0.3) is 0 Å². The van der Waals surface area contributed by atoms with E-state index in [9.17, 15) is 35.1 Å². The van der Waals surface area contributed by atoms with Gasteiger partial charge in [0.1, 0.15) is 24.4 Å². The molecule has 1 amide bonds. The molecule has 0 spiro atoms. The Bertz CT molecular complexity index is 1310. The molecule has 6 N–H and O–H groups in total. The summed E-state index contributed by atoms with van der Waals surface area (Å²) in [7, 11) is 0. The first-order valence-electron chi connectivity index (χ1n) is 30.8. The summed E-state index contributed by atoms with van der Waals surface area (Å²) in [4.78, 5) is 25.1. The Morgan fingerprint density at radius 2 is 0.918 bits per heavy atom. The predicted molar refractivity (Wildman–Crippen MR) is 301 cm³/mol. The van der Waals surface area contributed by atoms with E-state index in [0.717, 1.165) is 77.0 Å². The van der Waals surface area contributed by atoms with Crippen LogP contribution >= 0.6 is 0 Å². The van der Waals surface area contributed by atoms with Gasteiger partial charge in [0, 0.05) is 12.8 Å². The van der Waals surface area contributed by atoms with Crippen LogP contribution in [0.15, 0.2) is 36.5 Å². The molecular formula is C62H115NO10. The first-order chi connectivity index (χ1) is 35.7. The summed E-state index contributed by atoms with van der Waals surface area (Å²) in [5, 5.41) is 54.2. The molecule has 1 rings (SSSR count). The number of nitrogens with one attached hydrogen (secondary N) is 1. The summed E-state index contributed by atoms with van der Waals surface area (Å²) in [6, 6.07) is -0.810. The second-order valence-electron chi connectivity index (χ2n) is 21.4. The highest BCUT2D eigenvalue weighted by atomic mass is 16.7. The Balaban J connectivity index is 1.99. The van der Waals surface area contributed by atoms with Crippen molar-refractivity contribution < 1.29 is 49.3 Å². The fraction of sp³-hybridized carbons (Fsp3) is 0.871. The van der Waals surface area contributed by atoms with E-state index in [1.165, 1.54) is 180 Å². The van der Waals surface area contributed by atoms with Gasteiger partial charge in [-0.05, 0) is 64.2 Å². The van der Waals surface area contributed by atoms with Crippen molar-refractivity contribution in [1.82, 2.24) is 5.32 Å². The molecule has 0 aromatic rings. The van der Waals surface area contributed by atoms with Gasteiger partial charge in [-0.1, -0.05) is 243 Å². The minimum atomic E-state index is -1.57. The van der Waals surface area contributed by atoms with E-state index in [1.807, 2.05) is 6.08 Å². The number of aliphatic hydroxyl groups excluding tert-OH is 5. The third-order valence-corrected chi connectivity index (χ3v) is 14.5. The van der Waals surface area contributed by atoms with Crippen molar-refractivity contribution in [3.8, 4) is 0 Å². The van der Waals surface area contributed by atoms with Gasteiger partial charge in [0.25, 0.3) is 0 Å². The summed E-state index contributed by atoms with van der Waals surface area (Å²) < 4.78 is 16.7. The maximum absolute atomic E-state index is 13.0. The van der Waals surface area contributed by atoms with Gasteiger partial charge in [-0.3, -0.25) is 9.59 Å². The van der Waals surface area contributed by atoms with Crippen LogP contribution in [-0.4, -0.2) is 100 Å². The second-order valence-corrected chi connectivity index (χ2v) is 21.4. The Kier molecular flexibility index (Phi) is 49.0. The van der Waals surface area contributed by atoms with Gasteiger partial charge < -0.3 is 45.1 Å². The number of esters is 1. The second kappa shape index (κ2) is 52.0. The molecule has 1 fully saturated rings. The highest BCUT2D eigenvalue weighted by Crippen LogP contribution is 2.23. The smallest absolute Gasteiger partial charge is 0.305 e. The fourth-order valence-electron chi connectivity index (χ4n) is 9.58. The first kappa shape index (κ1) is 68.9. The number of unbranched alkanes of at least 4 members (excludes halogenated alkanes) is 35. The molecule has 1 heterocycles. The van der Waals surface area contributed by atoms with E-state index in [0.29, 0.717) is 19.4 Å². The Morgan fingerprint density at radius 1 is 0.507 bits per heavy atom. The van der Waals surface area contributed by atoms with Gasteiger partial charge in [-0.15, -0.1) is 0 Å². The summed E-state index contributed by atoms with van der Waals surface area (Å²) in [6.07, 6.45) is 53.9. The van der Waals surface area contributed by atoms with Crippen LogP contribution < -0.4 is 5.32 Å². The van der Waals surface area contributed by atoms with Crippen LogP contribution in [0.4, 0.5) is 0 Å². The fourth-order valence-corrected chi connectivity index (χ4v) is 9.58. The molecule has 0 aliphatic carbocycles. The van der Waals surface area contributed by atoms with Crippen LogP contribution in [0.3, 0.4) is 0 Å². The summed E-state index contributed by atoms with van der Waals surface area (Å²) in [6.45, 7) is 4.29. The Hall–Kier alpha value is -2.12. The monoisotopic (exact) mass is 1030 g/mol. The lowest BCUT2D eigenvalue weighted by Crippen LogP contribution is -2.60. The zero-order valence-electron chi connectivity index (χ0n) is 47.1. The maximum atomic E-state index is 13.0. The van der Waals surface area contributed by atoms with Crippen molar-refractivity contribution in [1.29, 1.82) is 0 Å². The van der Waals surface area contributed by atoms with Crippen molar-refractivity contribution in [2.45, 2.75) is 326 Å². The van der Waals surface area contributed by atoms with Crippen molar-refractivity contribution >= 4 is 11.9 Å². The lowest BCUT2D eigenvalue weighted by atomic mass is 9.99. The average Bonchev–Trinajstić information content (AvgIpc) is 3.39. The van der Waals surface area contributed by atoms with E-state index >= 15 is 0 Å². The molecule has 0 saturated carbocycles. The quantitative estimate of drug-likeness (QED) is 0.0195. The van der Waals surface area contributed by atoms with Crippen molar-refractivity contribution in [3.05, 3.63) is 36.5 Å². The molecule has 0 aromatic heterocycles. The lowest BCUT2D eigenvalue weighted by Gasteiger charge is -2.40. The number of aliphatic hydroxyl groups is 5. The minimum absolute atomic E-state index is 0.0170.